The number of rotatable bonds is 3. The van der Waals surface area contributed by atoms with E-state index in [-0.39, 0.29) is 18.8 Å². The van der Waals surface area contributed by atoms with Crippen LogP contribution in [0.4, 0.5) is 8.78 Å². The number of halogens is 3. The van der Waals surface area contributed by atoms with Gasteiger partial charge < -0.3 is 10.8 Å². The number of nitrogens with zero attached hydrogens (tertiary/aromatic N) is 1. The second-order valence-corrected chi connectivity index (χ2v) is 3.70. The first-order chi connectivity index (χ1) is 6.61. The molecule has 1 aromatic heterocycles. The second-order valence-electron chi connectivity index (χ2n) is 2.62. The Balaban J connectivity index is 3.27. The van der Waals surface area contributed by atoms with Crippen LogP contribution in [0.5, 0.6) is 0 Å². The predicted octanol–water partition coefficient (Wildman–Crippen LogP) is 1.57. The summed E-state index contributed by atoms with van der Waals surface area (Å²) in [7, 11) is 0. The fourth-order valence-corrected chi connectivity index (χ4v) is 1.97. The normalized spacial score (nSPS) is 11.0. The van der Waals surface area contributed by atoms with Crippen molar-refractivity contribution in [3.05, 3.63) is 26.6 Å². The van der Waals surface area contributed by atoms with Crippen molar-refractivity contribution in [3.8, 4) is 0 Å². The molecule has 0 amide bonds. The zero-order valence-electron chi connectivity index (χ0n) is 7.17. The average molecular weight is 314 g/mol. The summed E-state index contributed by atoms with van der Waals surface area (Å²) in [6, 6.07) is 0. The molecule has 1 heterocycles. The highest BCUT2D eigenvalue weighted by molar-refractivity contribution is 14.1. The van der Waals surface area contributed by atoms with E-state index in [1.165, 1.54) is 6.20 Å². The van der Waals surface area contributed by atoms with Crippen LogP contribution in [0.25, 0.3) is 0 Å². The number of pyridine rings is 1. The third-order valence-electron chi connectivity index (χ3n) is 1.82. The summed E-state index contributed by atoms with van der Waals surface area (Å²) in [5.74, 6) is 0. The zero-order valence-corrected chi connectivity index (χ0v) is 9.33. The number of aliphatic hydroxyl groups excluding tert-OH is 1. The standard InChI is InChI=1S/C8H9F2IN2O/c9-8(10)7-6(11)5(3-14)4(1-12)2-13-7/h2,8,14H,1,3,12H2. The molecule has 0 spiro atoms. The van der Waals surface area contributed by atoms with E-state index in [1.54, 1.807) is 22.6 Å². The summed E-state index contributed by atoms with van der Waals surface area (Å²) in [5, 5.41) is 9.00. The van der Waals surface area contributed by atoms with Crippen molar-refractivity contribution in [1.82, 2.24) is 4.98 Å². The molecule has 3 nitrogen and oxygen atoms in total. The molecule has 0 aliphatic heterocycles. The zero-order chi connectivity index (χ0) is 10.7. The molecule has 6 heteroatoms. The minimum absolute atomic E-state index is 0.183. The topological polar surface area (TPSA) is 59.1 Å². The predicted molar refractivity (Wildman–Crippen MR) is 55.7 cm³/mol. The van der Waals surface area contributed by atoms with Crippen LogP contribution in [0.3, 0.4) is 0 Å². The van der Waals surface area contributed by atoms with Gasteiger partial charge in [0.15, 0.2) is 0 Å². The first kappa shape index (κ1) is 11.7. The monoisotopic (exact) mass is 314 g/mol. The van der Waals surface area contributed by atoms with Gasteiger partial charge >= 0.3 is 0 Å². The first-order valence-corrected chi connectivity index (χ1v) is 4.94. The van der Waals surface area contributed by atoms with E-state index in [1.807, 2.05) is 0 Å². The molecule has 0 bridgehead atoms. The lowest BCUT2D eigenvalue weighted by Gasteiger charge is -2.10. The minimum Gasteiger partial charge on any atom is -0.392 e. The van der Waals surface area contributed by atoms with E-state index in [0.29, 0.717) is 14.7 Å². The maximum absolute atomic E-state index is 12.4. The summed E-state index contributed by atoms with van der Waals surface area (Å²) in [6.45, 7) is -0.116. The highest BCUT2D eigenvalue weighted by atomic mass is 127. The van der Waals surface area contributed by atoms with Crippen molar-refractivity contribution >= 4 is 22.6 Å². The molecule has 0 aliphatic carbocycles. The van der Waals surface area contributed by atoms with Gasteiger partial charge in [-0.25, -0.2) is 8.78 Å². The Bertz CT molecular complexity index is 333. The van der Waals surface area contributed by atoms with Gasteiger partial charge in [0.05, 0.1) is 6.61 Å². The van der Waals surface area contributed by atoms with Crippen molar-refractivity contribution in [3.63, 3.8) is 0 Å². The molecule has 0 saturated heterocycles. The molecule has 0 atom stereocenters. The van der Waals surface area contributed by atoms with Crippen LogP contribution in [0.2, 0.25) is 0 Å². The summed E-state index contributed by atoms with van der Waals surface area (Å²) >= 11 is 1.75. The molecule has 0 aliphatic rings. The van der Waals surface area contributed by atoms with Gasteiger partial charge in [-0.1, -0.05) is 0 Å². The Labute approximate surface area is 93.5 Å². The molecule has 0 fully saturated rings. The maximum Gasteiger partial charge on any atom is 0.281 e. The summed E-state index contributed by atoms with van der Waals surface area (Å²) < 4.78 is 25.1. The van der Waals surface area contributed by atoms with Gasteiger partial charge in [0.1, 0.15) is 5.69 Å². The number of aliphatic hydroxyl groups is 1. The van der Waals surface area contributed by atoms with Gasteiger partial charge in [-0.3, -0.25) is 4.98 Å². The number of aromatic nitrogens is 1. The smallest absolute Gasteiger partial charge is 0.281 e. The SMILES string of the molecule is NCc1cnc(C(F)F)c(I)c1CO. The molecule has 0 radical (unpaired) electrons. The molecular formula is C8H9F2IN2O. The number of hydrogen-bond donors (Lipinski definition) is 2. The van der Waals surface area contributed by atoms with Gasteiger partial charge in [0.25, 0.3) is 6.43 Å². The molecule has 1 rings (SSSR count). The van der Waals surface area contributed by atoms with E-state index >= 15 is 0 Å². The average Bonchev–Trinajstić information content (AvgIpc) is 2.16. The van der Waals surface area contributed by atoms with E-state index < -0.39 is 6.43 Å². The fraction of sp³-hybridized carbons (Fsp3) is 0.375. The first-order valence-electron chi connectivity index (χ1n) is 3.87. The minimum atomic E-state index is -2.63. The van der Waals surface area contributed by atoms with E-state index in [0.717, 1.165) is 0 Å². The summed E-state index contributed by atoms with van der Waals surface area (Å²) in [6.07, 6.45) is -1.34. The van der Waals surface area contributed by atoms with Gasteiger partial charge in [-0.05, 0) is 33.7 Å². The van der Waals surface area contributed by atoms with Crippen molar-refractivity contribution in [2.24, 2.45) is 5.73 Å². The highest BCUT2D eigenvalue weighted by Crippen LogP contribution is 2.26. The molecule has 14 heavy (non-hydrogen) atoms. The Morgan fingerprint density at radius 3 is 2.64 bits per heavy atom. The molecule has 0 saturated carbocycles. The number of alkyl halides is 2. The molecule has 0 unspecified atom stereocenters. The van der Waals surface area contributed by atoms with Crippen LogP contribution in [-0.4, -0.2) is 10.1 Å². The Morgan fingerprint density at radius 1 is 1.57 bits per heavy atom. The lowest BCUT2D eigenvalue weighted by Crippen LogP contribution is -2.08. The van der Waals surface area contributed by atoms with Crippen LogP contribution < -0.4 is 5.73 Å². The number of nitrogens with two attached hydrogens (primary N) is 1. The van der Waals surface area contributed by atoms with Crippen molar-refractivity contribution in [2.45, 2.75) is 19.6 Å². The van der Waals surface area contributed by atoms with Crippen LogP contribution in [-0.2, 0) is 13.2 Å². The molecule has 78 valence electrons. The number of hydrogen-bond acceptors (Lipinski definition) is 3. The third kappa shape index (κ3) is 2.18. The van der Waals surface area contributed by atoms with Crippen molar-refractivity contribution in [1.29, 1.82) is 0 Å². The lowest BCUT2D eigenvalue weighted by atomic mass is 10.1. The van der Waals surface area contributed by atoms with Gasteiger partial charge in [0, 0.05) is 16.3 Å². The van der Waals surface area contributed by atoms with E-state index in [4.69, 9.17) is 10.8 Å². The molecular weight excluding hydrogens is 305 g/mol. The summed E-state index contributed by atoms with van der Waals surface area (Å²) in [4.78, 5) is 3.61. The van der Waals surface area contributed by atoms with E-state index in [2.05, 4.69) is 4.98 Å². The third-order valence-corrected chi connectivity index (χ3v) is 3.03. The summed E-state index contributed by atoms with van der Waals surface area (Å²) in [5.41, 5.74) is 6.12. The quantitative estimate of drug-likeness (QED) is 0.833. The van der Waals surface area contributed by atoms with E-state index in [9.17, 15) is 8.78 Å². The molecule has 1 aromatic rings. The Morgan fingerprint density at radius 2 is 2.21 bits per heavy atom. The highest BCUT2D eigenvalue weighted by Gasteiger charge is 2.17. The van der Waals surface area contributed by atoms with Gasteiger partial charge in [-0.2, -0.15) is 0 Å². The van der Waals surface area contributed by atoms with Crippen LogP contribution in [0.15, 0.2) is 6.20 Å². The second kappa shape index (κ2) is 4.94. The van der Waals surface area contributed by atoms with Crippen LogP contribution in [0, 0.1) is 3.57 Å². The van der Waals surface area contributed by atoms with Crippen LogP contribution >= 0.6 is 22.6 Å². The Kier molecular flexibility index (Phi) is 4.14. The van der Waals surface area contributed by atoms with Gasteiger partial charge in [-0.15, -0.1) is 0 Å². The molecule has 0 aromatic carbocycles. The molecule has 3 N–H and O–H groups in total. The van der Waals surface area contributed by atoms with Crippen molar-refractivity contribution in [2.75, 3.05) is 0 Å². The van der Waals surface area contributed by atoms with Crippen molar-refractivity contribution < 1.29 is 13.9 Å². The Hall–Kier alpha value is -0.340. The lowest BCUT2D eigenvalue weighted by molar-refractivity contribution is 0.144. The maximum atomic E-state index is 12.4. The largest absolute Gasteiger partial charge is 0.392 e. The van der Waals surface area contributed by atoms with Gasteiger partial charge in [0.2, 0.25) is 0 Å². The van der Waals surface area contributed by atoms with Crippen LogP contribution in [0.1, 0.15) is 23.2 Å². The fourth-order valence-electron chi connectivity index (χ4n) is 1.08.